The van der Waals surface area contributed by atoms with Crippen LogP contribution in [-0.4, -0.2) is 94.5 Å². The highest BCUT2D eigenvalue weighted by Crippen LogP contribution is 2.23. The Bertz CT molecular complexity index is 2210. The number of rotatable bonds is 6. The average Bonchev–Trinajstić information content (AvgIpc) is 3.87. The maximum Gasteiger partial charge on any atom is 0.335 e. The summed E-state index contributed by atoms with van der Waals surface area (Å²) in [4.78, 5) is 37.6. The molecule has 8 rings (SSSR count). The number of aromatic carboxylic acids is 1. The van der Waals surface area contributed by atoms with E-state index in [1.165, 1.54) is 24.3 Å². The highest BCUT2D eigenvalue weighted by molar-refractivity contribution is 5.95. The van der Waals surface area contributed by atoms with Crippen molar-refractivity contribution in [3.63, 3.8) is 0 Å². The minimum Gasteiger partial charge on any atom is -0.478 e. The van der Waals surface area contributed by atoms with Gasteiger partial charge in [-0.05, 0) is 48.5 Å². The first-order valence-corrected chi connectivity index (χ1v) is 17.7. The second kappa shape index (κ2) is 18.0. The monoisotopic (exact) mass is 750 g/mol. The lowest BCUT2D eigenvalue weighted by atomic mass is 10.1. The Kier molecular flexibility index (Phi) is 12.5. The van der Waals surface area contributed by atoms with E-state index >= 15 is 0 Å². The molecule has 55 heavy (non-hydrogen) atoms. The molecule has 0 bridgehead atoms. The third-order valence-corrected chi connectivity index (χ3v) is 8.86. The van der Waals surface area contributed by atoms with Crippen LogP contribution in [0.25, 0.3) is 22.8 Å². The molecule has 284 valence electrons. The van der Waals surface area contributed by atoms with Gasteiger partial charge in [0.25, 0.3) is 5.91 Å². The van der Waals surface area contributed by atoms with Crippen molar-refractivity contribution in [1.82, 2.24) is 30.5 Å². The summed E-state index contributed by atoms with van der Waals surface area (Å²) in [5.41, 5.74) is 3.46. The zero-order valence-electron chi connectivity index (χ0n) is 30.4. The zero-order chi connectivity index (χ0) is 38.7. The number of amides is 1. The minimum atomic E-state index is -0.975. The molecule has 2 aromatic heterocycles. The Labute approximate surface area is 316 Å². The van der Waals surface area contributed by atoms with Crippen LogP contribution in [0.1, 0.15) is 32.5 Å². The first-order valence-electron chi connectivity index (χ1n) is 17.7. The molecule has 13 nitrogen and oxygen atoms in total. The molecule has 0 atom stereocenters. The van der Waals surface area contributed by atoms with Crippen LogP contribution >= 0.6 is 0 Å². The molecule has 2 fully saturated rings. The highest BCUT2D eigenvalue weighted by atomic mass is 19.1. The van der Waals surface area contributed by atoms with Gasteiger partial charge < -0.3 is 34.2 Å². The van der Waals surface area contributed by atoms with Crippen LogP contribution in [0.2, 0.25) is 0 Å². The van der Waals surface area contributed by atoms with Gasteiger partial charge in [0.1, 0.15) is 11.6 Å². The normalized spacial score (nSPS) is 14.0. The van der Waals surface area contributed by atoms with Gasteiger partial charge in [-0.25, -0.2) is 13.6 Å². The van der Waals surface area contributed by atoms with Crippen molar-refractivity contribution in [3.05, 3.63) is 132 Å². The molecule has 4 aromatic carbocycles. The molecule has 2 aliphatic heterocycles. The van der Waals surface area contributed by atoms with Gasteiger partial charge in [-0.15, -0.1) is 0 Å². The number of nitrogens with one attached hydrogen (secondary N) is 1. The number of anilines is 2. The minimum absolute atomic E-state index is 0.0507. The summed E-state index contributed by atoms with van der Waals surface area (Å²) in [5.74, 6) is 0.408. The molecule has 6 aromatic rings. The van der Waals surface area contributed by atoms with Crippen LogP contribution in [0, 0.1) is 25.5 Å². The summed E-state index contributed by atoms with van der Waals surface area (Å²) in [6.07, 6.45) is 0. The van der Waals surface area contributed by atoms with Crippen LogP contribution < -0.4 is 15.1 Å². The topological polar surface area (TPSA) is 154 Å². The van der Waals surface area contributed by atoms with Gasteiger partial charge in [-0.2, -0.15) is 9.97 Å². The number of nitrogens with zero attached hydrogens (tertiary/aromatic N) is 7. The zero-order valence-corrected chi connectivity index (χ0v) is 30.4. The molecule has 15 heteroatoms. The number of carbonyl (C=O) groups excluding carboxylic acids is 1. The van der Waals surface area contributed by atoms with E-state index in [1.54, 1.807) is 61.2 Å². The molecule has 0 spiro atoms. The molecule has 4 heterocycles. The molecule has 2 saturated heterocycles. The maximum atomic E-state index is 14.0. The molecule has 0 radical (unpaired) electrons. The number of benzene rings is 4. The molecular formula is C40H40F2N8O5. The molecular weight excluding hydrogens is 710 g/mol. The number of piperazine rings is 2. The van der Waals surface area contributed by atoms with Crippen LogP contribution in [0.5, 0.6) is 0 Å². The fraction of sp³-hybridized carbons (Fsp3) is 0.250. The van der Waals surface area contributed by atoms with Crippen molar-refractivity contribution in [2.45, 2.75) is 13.8 Å². The number of carboxylic acids is 1. The van der Waals surface area contributed by atoms with Gasteiger partial charge in [0, 0.05) is 82.9 Å². The summed E-state index contributed by atoms with van der Waals surface area (Å²) in [6, 6.07) is 27.3. The maximum absolute atomic E-state index is 14.0. The van der Waals surface area contributed by atoms with Crippen molar-refractivity contribution in [1.29, 1.82) is 0 Å². The Hall–Kier alpha value is -6.48. The number of hydrogen-bond donors (Lipinski definition) is 2. The van der Waals surface area contributed by atoms with E-state index in [0.29, 0.717) is 66.4 Å². The molecule has 2 N–H and O–H groups in total. The number of para-hydroxylation sites is 2. The van der Waals surface area contributed by atoms with Crippen molar-refractivity contribution in [3.8, 4) is 22.8 Å². The van der Waals surface area contributed by atoms with Crippen LogP contribution in [-0.2, 0) is 0 Å². The second-order valence-electron chi connectivity index (χ2n) is 12.7. The lowest BCUT2D eigenvalue weighted by Crippen LogP contribution is -2.49. The Balaban J connectivity index is 0.000000155. The number of aromatic nitrogens is 4. The Morgan fingerprint density at radius 1 is 0.636 bits per heavy atom. The third kappa shape index (κ3) is 9.94. The lowest BCUT2D eigenvalue weighted by Gasteiger charge is -2.36. The quantitative estimate of drug-likeness (QED) is 0.202. The predicted molar refractivity (Wildman–Crippen MR) is 202 cm³/mol. The van der Waals surface area contributed by atoms with E-state index in [4.69, 9.17) is 14.2 Å². The van der Waals surface area contributed by atoms with E-state index in [1.807, 2.05) is 35.2 Å². The first-order chi connectivity index (χ1) is 26.7. The third-order valence-electron chi connectivity index (χ3n) is 8.86. The van der Waals surface area contributed by atoms with Gasteiger partial charge in [0.15, 0.2) is 0 Å². The summed E-state index contributed by atoms with van der Waals surface area (Å²) in [6.45, 7) is 9.33. The highest BCUT2D eigenvalue weighted by Gasteiger charge is 2.24. The van der Waals surface area contributed by atoms with Crippen LogP contribution in [0.15, 0.2) is 106 Å². The fourth-order valence-electron chi connectivity index (χ4n) is 6.07. The Morgan fingerprint density at radius 2 is 1.11 bits per heavy atom. The van der Waals surface area contributed by atoms with Gasteiger partial charge in [0.2, 0.25) is 23.4 Å². The summed E-state index contributed by atoms with van der Waals surface area (Å²) < 4.78 is 37.1. The number of hydrogen-bond acceptors (Lipinski definition) is 11. The van der Waals surface area contributed by atoms with Gasteiger partial charge in [-0.1, -0.05) is 58.8 Å². The van der Waals surface area contributed by atoms with E-state index in [0.717, 1.165) is 37.4 Å². The van der Waals surface area contributed by atoms with Crippen LogP contribution in [0.3, 0.4) is 0 Å². The van der Waals surface area contributed by atoms with Crippen molar-refractivity contribution in [2.75, 3.05) is 62.2 Å². The molecule has 2 aliphatic rings. The van der Waals surface area contributed by atoms with E-state index in [9.17, 15) is 18.4 Å². The molecule has 0 unspecified atom stereocenters. The average molecular weight is 751 g/mol. The smallest absolute Gasteiger partial charge is 0.335 e. The number of carbonyl (C=O) groups is 2. The van der Waals surface area contributed by atoms with Gasteiger partial charge in [0.05, 0.1) is 16.9 Å². The predicted octanol–water partition coefficient (Wildman–Crippen LogP) is 6.13. The van der Waals surface area contributed by atoms with Crippen molar-refractivity contribution < 1.29 is 32.5 Å². The fourth-order valence-corrected chi connectivity index (χ4v) is 6.07. The van der Waals surface area contributed by atoms with Crippen molar-refractivity contribution in [2.24, 2.45) is 0 Å². The number of aryl methyl sites for hydroxylation is 2. The first kappa shape index (κ1) is 38.3. The molecule has 1 amide bonds. The lowest BCUT2D eigenvalue weighted by molar-refractivity contribution is 0.0695. The summed E-state index contributed by atoms with van der Waals surface area (Å²) in [7, 11) is 0. The SMILES string of the molecule is Cc1nc(-c2cccc(C(=O)N3CCN(c4ccccc4F)CC3)c2)no1.Cc1nc(-c2cccc(C(=O)O)c2)no1.Fc1ccccc1N1CCNCC1. The van der Waals surface area contributed by atoms with E-state index in [2.05, 4.69) is 30.5 Å². The standard InChI is InChI=1S/C20H19FN4O2.C10H13FN2.C10H8N2O3/c1-14-22-19(23-27-14)15-5-4-6-16(13-15)20(26)25-11-9-24(10-12-25)18-8-3-2-7-17(18)21;11-9-3-1-2-4-10(9)13-7-5-12-6-8-13;1-6-11-9(12-15-6)7-3-2-4-8(5-7)10(13)14/h2-8,13H,9-12H2,1H3;1-4,12H,5-8H2;2-5H,1H3,(H,13,14). The Morgan fingerprint density at radius 3 is 1.58 bits per heavy atom. The van der Waals surface area contributed by atoms with Gasteiger partial charge >= 0.3 is 5.97 Å². The second-order valence-corrected chi connectivity index (χ2v) is 12.7. The van der Waals surface area contributed by atoms with Gasteiger partial charge in [-0.3, -0.25) is 4.79 Å². The van der Waals surface area contributed by atoms with Crippen molar-refractivity contribution >= 4 is 23.3 Å². The number of halogens is 2. The van der Waals surface area contributed by atoms with E-state index < -0.39 is 5.97 Å². The largest absolute Gasteiger partial charge is 0.478 e. The number of carboxylic acid groups (broad SMARTS) is 1. The molecule has 0 saturated carbocycles. The summed E-state index contributed by atoms with van der Waals surface area (Å²) >= 11 is 0. The summed E-state index contributed by atoms with van der Waals surface area (Å²) in [5, 5.41) is 19.6. The van der Waals surface area contributed by atoms with Crippen LogP contribution in [0.4, 0.5) is 20.2 Å². The molecule has 0 aliphatic carbocycles. The van der Waals surface area contributed by atoms with E-state index in [-0.39, 0.29) is 23.1 Å².